The van der Waals surface area contributed by atoms with Gasteiger partial charge in [-0.2, -0.15) is 0 Å². The fraction of sp³-hybridized carbons (Fsp3) is 0.619. The molecule has 1 unspecified atom stereocenters. The molecule has 2 aromatic rings. The van der Waals surface area contributed by atoms with Crippen LogP contribution in [0, 0.1) is 0 Å². The molecular formula is C21H32N8O. The lowest BCUT2D eigenvalue weighted by molar-refractivity contribution is 0.117. The first-order valence-electron chi connectivity index (χ1n) is 11.0. The van der Waals surface area contributed by atoms with E-state index in [2.05, 4.69) is 47.9 Å². The van der Waals surface area contributed by atoms with Crippen LogP contribution in [0.1, 0.15) is 25.6 Å². The van der Waals surface area contributed by atoms with Crippen molar-refractivity contribution in [1.29, 1.82) is 0 Å². The number of hydrogen-bond donors (Lipinski definition) is 1. The molecule has 0 saturated carbocycles. The molecule has 0 aliphatic carbocycles. The smallest absolute Gasteiger partial charge is 0.194 e. The third-order valence-corrected chi connectivity index (χ3v) is 5.67. The average Bonchev–Trinajstić information content (AvgIpc) is 3.49. The van der Waals surface area contributed by atoms with E-state index in [1.165, 1.54) is 0 Å². The van der Waals surface area contributed by atoms with Crippen molar-refractivity contribution in [3.05, 3.63) is 36.5 Å². The monoisotopic (exact) mass is 412 g/mol. The van der Waals surface area contributed by atoms with Crippen molar-refractivity contribution in [2.75, 3.05) is 50.8 Å². The molecule has 0 spiro atoms. The summed E-state index contributed by atoms with van der Waals surface area (Å²) in [6.07, 6.45) is 7.03. The fourth-order valence-electron chi connectivity index (χ4n) is 3.96. The van der Waals surface area contributed by atoms with Crippen molar-refractivity contribution < 1.29 is 4.74 Å². The molecule has 2 saturated heterocycles. The lowest BCUT2D eigenvalue weighted by Gasteiger charge is -2.37. The third-order valence-electron chi connectivity index (χ3n) is 5.67. The summed E-state index contributed by atoms with van der Waals surface area (Å²) in [7, 11) is 0. The molecule has 2 aliphatic heterocycles. The highest BCUT2D eigenvalue weighted by Gasteiger charge is 2.22. The number of ether oxygens (including phenoxy) is 1. The SMILES string of the molecule is CCc1nncn1CCNC(=NCC1CCCO1)N1CCN(c2ccccn2)CC1. The van der Waals surface area contributed by atoms with Crippen LogP contribution in [0.4, 0.5) is 5.82 Å². The van der Waals surface area contributed by atoms with E-state index in [0.29, 0.717) is 0 Å². The number of hydrogen-bond acceptors (Lipinski definition) is 6. The van der Waals surface area contributed by atoms with Gasteiger partial charge in [0.15, 0.2) is 5.96 Å². The van der Waals surface area contributed by atoms with E-state index in [9.17, 15) is 0 Å². The van der Waals surface area contributed by atoms with E-state index in [-0.39, 0.29) is 6.10 Å². The van der Waals surface area contributed by atoms with Crippen molar-refractivity contribution in [1.82, 2.24) is 30.0 Å². The summed E-state index contributed by atoms with van der Waals surface area (Å²) >= 11 is 0. The Hall–Kier alpha value is -2.68. The first kappa shape index (κ1) is 20.6. The van der Waals surface area contributed by atoms with Gasteiger partial charge >= 0.3 is 0 Å². The Kier molecular flexibility index (Phi) is 7.12. The first-order valence-corrected chi connectivity index (χ1v) is 11.0. The number of nitrogens with zero attached hydrogens (tertiary/aromatic N) is 7. The van der Waals surface area contributed by atoms with Crippen LogP contribution in [-0.2, 0) is 17.7 Å². The van der Waals surface area contributed by atoms with Crippen LogP contribution in [0.3, 0.4) is 0 Å². The van der Waals surface area contributed by atoms with Gasteiger partial charge in [0.05, 0.1) is 12.6 Å². The summed E-state index contributed by atoms with van der Waals surface area (Å²) in [5, 5.41) is 11.8. The topological polar surface area (TPSA) is 83.7 Å². The Labute approximate surface area is 178 Å². The molecule has 4 rings (SSSR count). The molecule has 1 N–H and O–H groups in total. The largest absolute Gasteiger partial charge is 0.376 e. The van der Waals surface area contributed by atoms with Gasteiger partial charge in [-0.25, -0.2) is 4.98 Å². The molecular weight excluding hydrogens is 380 g/mol. The summed E-state index contributed by atoms with van der Waals surface area (Å²) in [5.74, 6) is 3.03. The molecule has 2 fully saturated rings. The molecule has 9 nitrogen and oxygen atoms in total. The van der Waals surface area contributed by atoms with Crippen LogP contribution in [0.25, 0.3) is 0 Å². The summed E-state index contributed by atoms with van der Waals surface area (Å²) < 4.78 is 7.87. The number of aryl methyl sites for hydroxylation is 1. The predicted molar refractivity (Wildman–Crippen MR) is 117 cm³/mol. The zero-order valence-corrected chi connectivity index (χ0v) is 17.8. The minimum atomic E-state index is 0.251. The Morgan fingerprint density at radius 3 is 2.90 bits per heavy atom. The van der Waals surface area contributed by atoms with Crippen molar-refractivity contribution in [2.24, 2.45) is 4.99 Å². The molecule has 2 aromatic heterocycles. The molecule has 0 amide bonds. The molecule has 0 aromatic carbocycles. The van der Waals surface area contributed by atoms with Crippen molar-refractivity contribution in [3.63, 3.8) is 0 Å². The number of pyridine rings is 1. The normalized spacial score (nSPS) is 20.0. The van der Waals surface area contributed by atoms with E-state index >= 15 is 0 Å². The molecule has 162 valence electrons. The van der Waals surface area contributed by atoms with Gasteiger partial charge < -0.3 is 24.4 Å². The number of piperazine rings is 1. The lowest BCUT2D eigenvalue weighted by Crippen LogP contribution is -2.53. The number of anilines is 1. The van der Waals surface area contributed by atoms with Crippen molar-refractivity contribution in [3.8, 4) is 0 Å². The maximum absolute atomic E-state index is 5.77. The first-order chi connectivity index (χ1) is 14.8. The second kappa shape index (κ2) is 10.4. The van der Waals surface area contributed by atoms with Crippen LogP contribution in [-0.4, -0.2) is 82.6 Å². The molecule has 4 heterocycles. The number of nitrogens with one attached hydrogen (secondary N) is 1. The minimum absolute atomic E-state index is 0.251. The minimum Gasteiger partial charge on any atom is -0.376 e. The Balaban J connectivity index is 1.35. The van der Waals surface area contributed by atoms with Gasteiger partial charge in [0.25, 0.3) is 0 Å². The van der Waals surface area contributed by atoms with Crippen molar-refractivity contribution >= 4 is 11.8 Å². The summed E-state index contributed by atoms with van der Waals surface area (Å²) in [5.41, 5.74) is 0. The predicted octanol–water partition coefficient (Wildman–Crippen LogP) is 1.18. The molecule has 9 heteroatoms. The molecule has 30 heavy (non-hydrogen) atoms. The maximum Gasteiger partial charge on any atom is 0.194 e. The van der Waals surface area contributed by atoms with E-state index in [1.54, 1.807) is 6.33 Å². The van der Waals surface area contributed by atoms with E-state index in [1.807, 2.05) is 18.3 Å². The quantitative estimate of drug-likeness (QED) is 0.540. The molecule has 1 atom stereocenters. The highest BCUT2D eigenvalue weighted by atomic mass is 16.5. The van der Waals surface area contributed by atoms with E-state index in [0.717, 1.165) is 89.3 Å². The van der Waals surface area contributed by atoms with Crippen LogP contribution in [0.5, 0.6) is 0 Å². The number of aromatic nitrogens is 4. The van der Waals surface area contributed by atoms with Gasteiger partial charge in [0, 0.05) is 58.5 Å². The van der Waals surface area contributed by atoms with E-state index in [4.69, 9.17) is 9.73 Å². The Morgan fingerprint density at radius 2 is 2.17 bits per heavy atom. The average molecular weight is 413 g/mol. The van der Waals surface area contributed by atoms with Gasteiger partial charge in [-0.05, 0) is 25.0 Å². The second-order valence-corrected chi connectivity index (χ2v) is 7.68. The highest BCUT2D eigenvalue weighted by Crippen LogP contribution is 2.14. The number of guanidine groups is 1. The summed E-state index contributed by atoms with van der Waals surface area (Å²) in [6.45, 7) is 8.99. The van der Waals surface area contributed by atoms with Gasteiger partial charge in [-0.3, -0.25) is 4.99 Å². The second-order valence-electron chi connectivity index (χ2n) is 7.68. The summed E-state index contributed by atoms with van der Waals surface area (Å²) in [6, 6.07) is 6.07. The van der Waals surface area contributed by atoms with Crippen LogP contribution >= 0.6 is 0 Å². The Bertz CT molecular complexity index is 794. The van der Waals surface area contributed by atoms with Gasteiger partial charge in [-0.15, -0.1) is 10.2 Å². The maximum atomic E-state index is 5.77. The molecule has 0 bridgehead atoms. The fourth-order valence-corrected chi connectivity index (χ4v) is 3.96. The number of aliphatic imine (C=N–C) groups is 1. The molecule has 2 aliphatic rings. The van der Waals surface area contributed by atoms with Crippen LogP contribution in [0.2, 0.25) is 0 Å². The van der Waals surface area contributed by atoms with E-state index < -0.39 is 0 Å². The van der Waals surface area contributed by atoms with Crippen LogP contribution in [0.15, 0.2) is 35.7 Å². The zero-order valence-electron chi connectivity index (χ0n) is 17.8. The van der Waals surface area contributed by atoms with Gasteiger partial charge in [-0.1, -0.05) is 13.0 Å². The highest BCUT2D eigenvalue weighted by molar-refractivity contribution is 5.80. The molecule has 0 radical (unpaired) electrons. The van der Waals surface area contributed by atoms with Crippen molar-refractivity contribution in [2.45, 2.75) is 38.8 Å². The Morgan fingerprint density at radius 1 is 1.27 bits per heavy atom. The number of rotatable bonds is 7. The lowest BCUT2D eigenvalue weighted by atomic mass is 10.2. The summed E-state index contributed by atoms with van der Waals surface area (Å²) in [4.78, 5) is 14.1. The standard InChI is InChI=1S/C21H32N8O/c1-2-19-26-25-17-29(19)10-9-23-21(24-16-18-6-5-15-30-18)28-13-11-27(12-14-28)20-7-3-4-8-22-20/h3-4,7-8,17-18H,2,5-6,9-16H2,1H3,(H,23,24). The zero-order chi connectivity index (χ0) is 20.6. The van der Waals surface area contributed by atoms with Crippen LogP contribution < -0.4 is 10.2 Å². The van der Waals surface area contributed by atoms with Gasteiger partial charge in [0.1, 0.15) is 18.0 Å². The van der Waals surface area contributed by atoms with Gasteiger partial charge in [0.2, 0.25) is 0 Å². The third kappa shape index (κ3) is 5.27.